The highest BCUT2D eigenvalue weighted by molar-refractivity contribution is 9.10. The number of halogens is 2. The fourth-order valence-corrected chi connectivity index (χ4v) is 2.43. The average molecular weight is 334 g/mol. The molecule has 0 aromatic heterocycles. The molecule has 0 fully saturated rings. The Labute approximate surface area is 124 Å². The molecular weight excluding hydrogens is 312 g/mol. The van der Waals surface area contributed by atoms with Crippen LogP contribution >= 0.6 is 27.5 Å². The molecule has 0 aliphatic heterocycles. The van der Waals surface area contributed by atoms with Crippen molar-refractivity contribution in [3.8, 4) is 0 Å². The van der Waals surface area contributed by atoms with E-state index >= 15 is 0 Å². The number of hydrogen-bond donors (Lipinski definition) is 2. The van der Waals surface area contributed by atoms with Crippen LogP contribution < -0.4 is 10.6 Å². The Morgan fingerprint density at radius 3 is 2.56 bits per heavy atom. The van der Waals surface area contributed by atoms with E-state index in [1.165, 1.54) is 5.56 Å². The van der Waals surface area contributed by atoms with Crippen molar-refractivity contribution in [3.05, 3.63) is 33.3 Å². The largest absolute Gasteiger partial charge is 0.315 e. The second-order valence-electron chi connectivity index (χ2n) is 5.07. The van der Waals surface area contributed by atoms with Gasteiger partial charge in [-0.2, -0.15) is 0 Å². The zero-order valence-corrected chi connectivity index (χ0v) is 13.6. The molecule has 0 bridgehead atoms. The molecule has 1 rings (SSSR count). The van der Waals surface area contributed by atoms with Crippen LogP contribution in [0.3, 0.4) is 0 Å². The van der Waals surface area contributed by atoms with Gasteiger partial charge in [0.2, 0.25) is 0 Å². The van der Waals surface area contributed by atoms with Crippen LogP contribution in [0.15, 0.2) is 22.7 Å². The van der Waals surface area contributed by atoms with Gasteiger partial charge in [0, 0.05) is 28.6 Å². The highest BCUT2D eigenvalue weighted by Crippen LogP contribution is 2.21. The summed E-state index contributed by atoms with van der Waals surface area (Å²) in [4.78, 5) is 0. The lowest BCUT2D eigenvalue weighted by molar-refractivity contribution is 0.472. The third kappa shape index (κ3) is 6.19. The Bertz CT molecular complexity index is 369. The monoisotopic (exact) mass is 332 g/mol. The Kier molecular flexibility index (Phi) is 7.23. The van der Waals surface area contributed by atoms with Gasteiger partial charge in [0.15, 0.2) is 0 Å². The number of rotatable bonds is 7. The molecule has 0 heterocycles. The second kappa shape index (κ2) is 8.16. The zero-order chi connectivity index (χ0) is 13.5. The molecule has 0 saturated carbocycles. The lowest BCUT2D eigenvalue weighted by Gasteiger charge is -2.16. The highest BCUT2D eigenvalue weighted by atomic mass is 79.9. The summed E-state index contributed by atoms with van der Waals surface area (Å²) < 4.78 is 1.06. The van der Waals surface area contributed by atoms with E-state index in [4.69, 9.17) is 11.6 Å². The van der Waals surface area contributed by atoms with Crippen LogP contribution in [0.1, 0.15) is 26.3 Å². The molecule has 1 aromatic rings. The van der Waals surface area contributed by atoms with E-state index in [0.717, 1.165) is 29.1 Å². The number of nitrogens with one attached hydrogen (secondary N) is 2. The van der Waals surface area contributed by atoms with Crippen LogP contribution in [-0.4, -0.2) is 19.1 Å². The molecule has 2 N–H and O–H groups in total. The summed E-state index contributed by atoms with van der Waals surface area (Å²) in [6.45, 7) is 9.53. The molecule has 1 unspecified atom stereocenters. The van der Waals surface area contributed by atoms with Crippen molar-refractivity contribution in [1.82, 2.24) is 10.6 Å². The van der Waals surface area contributed by atoms with Crippen molar-refractivity contribution in [3.63, 3.8) is 0 Å². The summed E-state index contributed by atoms with van der Waals surface area (Å²) in [5, 5.41) is 7.71. The van der Waals surface area contributed by atoms with E-state index in [1.807, 2.05) is 18.2 Å². The van der Waals surface area contributed by atoms with E-state index in [9.17, 15) is 0 Å². The standard InChI is InChI=1S/C14H22BrClN2/c1-10(2)7-17-8-11(3)18-9-12-4-5-13(16)6-14(12)15/h4-6,10-11,17-18H,7-9H2,1-3H3. The Morgan fingerprint density at radius 1 is 1.22 bits per heavy atom. The van der Waals surface area contributed by atoms with Crippen LogP contribution in [-0.2, 0) is 6.54 Å². The van der Waals surface area contributed by atoms with Crippen molar-refractivity contribution >= 4 is 27.5 Å². The maximum atomic E-state index is 5.92. The fourth-order valence-electron chi connectivity index (χ4n) is 1.61. The minimum Gasteiger partial charge on any atom is -0.315 e. The quantitative estimate of drug-likeness (QED) is 0.792. The molecule has 0 aliphatic rings. The predicted molar refractivity (Wildman–Crippen MR) is 83.2 cm³/mol. The predicted octanol–water partition coefficient (Wildman–Crippen LogP) is 3.83. The topological polar surface area (TPSA) is 24.1 Å². The van der Waals surface area contributed by atoms with Gasteiger partial charge in [0.25, 0.3) is 0 Å². The van der Waals surface area contributed by atoms with E-state index in [1.54, 1.807) is 0 Å². The van der Waals surface area contributed by atoms with E-state index < -0.39 is 0 Å². The maximum absolute atomic E-state index is 5.92. The first-order valence-electron chi connectivity index (χ1n) is 6.37. The van der Waals surface area contributed by atoms with Gasteiger partial charge in [0.05, 0.1) is 0 Å². The van der Waals surface area contributed by atoms with Gasteiger partial charge in [-0.1, -0.05) is 47.4 Å². The van der Waals surface area contributed by atoms with Crippen LogP contribution in [0.25, 0.3) is 0 Å². The molecule has 0 saturated heterocycles. The average Bonchev–Trinajstić information content (AvgIpc) is 2.27. The van der Waals surface area contributed by atoms with Gasteiger partial charge in [-0.15, -0.1) is 0 Å². The lowest BCUT2D eigenvalue weighted by atomic mass is 10.2. The van der Waals surface area contributed by atoms with Crippen LogP contribution in [0.2, 0.25) is 5.02 Å². The molecule has 0 amide bonds. The van der Waals surface area contributed by atoms with E-state index in [2.05, 4.69) is 47.3 Å². The second-order valence-corrected chi connectivity index (χ2v) is 6.36. The van der Waals surface area contributed by atoms with Gasteiger partial charge in [-0.05, 0) is 37.1 Å². The van der Waals surface area contributed by atoms with Gasteiger partial charge in [-0.3, -0.25) is 0 Å². The summed E-state index contributed by atoms with van der Waals surface area (Å²) in [6.07, 6.45) is 0. The maximum Gasteiger partial charge on any atom is 0.0417 e. The molecule has 2 nitrogen and oxygen atoms in total. The molecule has 0 aliphatic carbocycles. The molecule has 102 valence electrons. The highest BCUT2D eigenvalue weighted by Gasteiger charge is 2.04. The summed E-state index contributed by atoms with van der Waals surface area (Å²) in [5.41, 5.74) is 1.23. The molecule has 4 heteroatoms. The molecular formula is C14H22BrClN2. The number of hydrogen-bond acceptors (Lipinski definition) is 2. The normalized spacial score (nSPS) is 13.0. The van der Waals surface area contributed by atoms with Gasteiger partial charge >= 0.3 is 0 Å². The molecule has 0 spiro atoms. The van der Waals surface area contributed by atoms with Crippen molar-refractivity contribution < 1.29 is 0 Å². The Balaban J connectivity index is 2.31. The minimum absolute atomic E-state index is 0.450. The summed E-state index contributed by atoms with van der Waals surface area (Å²) in [6, 6.07) is 6.35. The molecule has 1 aromatic carbocycles. The molecule has 1 atom stereocenters. The lowest BCUT2D eigenvalue weighted by Crippen LogP contribution is -2.37. The van der Waals surface area contributed by atoms with Gasteiger partial charge in [-0.25, -0.2) is 0 Å². The zero-order valence-electron chi connectivity index (χ0n) is 11.3. The van der Waals surface area contributed by atoms with Gasteiger partial charge < -0.3 is 10.6 Å². The first-order valence-corrected chi connectivity index (χ1v) is 7.54. The minimum atomic E-state index is 0.450. The third-order valence-corrected chi connectivity index (χ3v) is 3.63. The van der Waals surface area contributed by atoms with Crippen LogP contribution in [0, 0.1) is 5.92 Å². The van der Waals surface area contributed by atoms with E-state index in [-0.39, 0.29) is 0 Å². The SMILES string of the molecule is CC(C)CNCC(C)NCc1ccc(Cl)cc1Br. The Morgan fingerprint density at radius 2 is 1.94 bits per heavy atom. The van der Waals surface area contributed by atoms with Crippen molar-refractivity contribution in [1.29, 1.82) is 0 Å². The van der Waals surface area contributed by atoms with Crippen molar-refractivity contribution in [2.75, 3.05) is 13.1 Å². The molecule has 0 radical (unpaired) electrons. The van der Waals surface area contributed by atoms with Crippen LogP contribution in [0.4, 0.5) is 0 Å². The molecule has 18 heavy (non-hydrogen) atoms. The van der Waals surface area contributed by atoms with E-state index in [0.29, 0.717) is 12.0 Å². The third-order valence-electron chi connectivity index (χ3n) is 2.66. The summed E-state index contributed by atoms with van der Waals surface area (Å²) in [7, 11) is 0. The smallest absolute Gasteiger partial charge is 0.0417 e. The number of benzene rings is 1. The fraction of sp³-hybridized carbons (Fsp3) is 0.571. The van der Waals surface area contributed by atoms with Crippen molar-refractivity contribution in [2.24, 2.45) is 5.92 Å². The van der Waals surface area contributed by atoms with Gasteiger partial charge in [0.1, 0.15) is 0 Å². The first-order chi connectivity index (χ1) is 8.49. The van der Waals surface area contributed by atoms with Crippen molar-refractivity contribution in [2.45, 2.75) is 33.4 Å². The Hall–Kier alpha value is -0.0900. The summed E-state index contributed by atoms with van der Waals surface area (Å²) >= 11 is 9.45. The first kappa shape index (κ1) is 16.0. The summed E-state index contributed by atoms with van der Waals surface area (Å²) in [5.74, 6) is 0.697. The van der Waals surface area contributed by atoms with Crippen LogP contribution in [0.5, 0.6) is 0 Å².